The van der Waals surface area contributed by atoms with Crippen molar-refractivity contribution in [1.29, 1.82) is 0 Å². The fraction of sp³-hybridized carbons (Fsp3) is 0.250. The normalized spacial score (nSPS) is 10.9. The largest absolute Gasteiger partial charge is 0.345 e. The number of aliphatic imine (C=N–C) groups is 1. The van der Waals surface area contributed by atoms with Crippen molar-refractivity contribution in [3.05, 3.63) is 30.1 Å². The number of nitrogens with one attached hydrogen (secondary N) is 2. The minimum absolute atomic E-state index is 0.0457. The number of nitrogens with zero attached hydrogens (tertiary/aromatic N) is 2. The molecule has 6 nitrogen and oxygen atoms in total. The van der Waals surface area contributed by atoms with Crippen molar-refractivity contribution in [2.24, 2.45) is 4.99 Å². The van der Waals surface area contributed by atoms with Gasteiger partial charge in [-0.1, -0.05) is 23.9 Å². The van der Waals surface area contributed by atoms with E-state index >= 15 is 0 Å². The van der Waals surface area contributed by atoms with Gasteiger partial charge in [0.05, 0.1) is 5.69 Å². The van der Waals surface area contributed by atoms with Gasteiger partial charge in [-0.05, 0) is 18.4 Å². The van der Waals surface area contributed by atoms with Crippen molar-refractivity contribution in [1.82, 2.24) is 10.2 Å². The van der Waals surface area contributed by atoms with E-state index in [1.54, 1.807) is 26.4 Å². The van der Waals surface area contributed by atoms with Gasteiger partial charge in [0.2, 0.25) is 0 Å². The minimum Gasteiger partial charge on any atom is -0.329 e. The first kappa shape index (κ1) is 16.0. The van der Waals surface area contributed by atoms with Crippen LogP contribution in [0, 0.1) is 5.82 Å². The highest BCUT2D eigenvalue weighted by molar-refractivity contribution is 8.13. The van der Waals surface area contributed by atoms with Crippen LogP contribution in [-0.4, -0.2) is 42.5 Å². The second kappa shape index (κ2) is 7.49. The third-order valence-electron chi connectivity index (χ3n) is 2.12. The standard InChI is InChI=1S/C12H15FN4O2S/c1-17(2)12(19)16-11(20-3)15-10(18)14-9-7-5-4-6-8(9)13/h4-7H,1-3H3,(H2,14,15,16,18,19). The first-order valence-corrected chi connectivity index (χ1v) is 6.83. The Hall–Kier alpha value is -2.09. The van der Waals surface area contributed by atoms with Crippen molar-refractivity contribution in [3.8, 4) is 0 Å². The average Bonchev–Trinajstić information content (AvgIpc) is 2.40. The molecule has 2 N–H and O–H groups in total. The molecule has 0 fully saturated rings. The summed E-state index contributed by atoms with van der Waals surface area (Å²) >= 11 is 1.10. The highest BCUT2D eigenvalue weighted by atomic mass is 32.2. The van der Waals surface area contributed by atoms with Gasteiger partial charge < -0.3 is 10.2 Å². The lowest BCUT2D eigenvalue weighted by Gasteiger charge is -2.10. The average molecular weight is 298 g/mol. The van der Waals surface area contributed by atoms with Crippen LogP contribution < -0.4 is 10.6 Å². The third-order valence-corrected chi connectivity index (χ3v) is 2.70. The zero-order valence-corrected chi connectivity index (χ0v) is 12.1. The van der Waals surface area contributed by atoms with Crippen LogP contribution >= 0.6 is 11.8 Å². The van der Waals surface area contributed by atoms with E-state index in [0.29, 0.717) is 0 Å². The summed E-state index contributed by atoms with van der Waals surface area (Å²) in [5.74, 6) is -0.547. The second-order valence-electron chi connectivity index (χ2n) is 3.86. The lowest BCUT2D eigenvalue weighted by molar-refractivity contribution is 0.227. The molecule has 0 aliphatic heterocycles. The molecule has 0 saturated carbocycles. The van der Waals surface area contributed by atoms with E-state index in [-0.39, 0.29) is 10.9 Å². The monoisotopic (exact) mass is 298 g/mol. The molecule has 0 aliphatic rings. The van der Waals surface area contributed by atoms with Gasteiger partial charge in [0.1, 0.15) is 5.82 Å². The minimum atomic E-state index is -0.672. The quantitative estimate of drug-likeness (QED) is 0.617. The number of para-hydroxylation sites is 1. The summed E-state index contributed by atoms with van der Waals surface area (Å²) in [6.07, 6.45) is 1.66. The molecule has 1 aromatic carbocycles. The van der Waals surface area contributed by atoms with Crippen molar-refractivity contribution >= 4 is 34.7 Å². The number of hydrogen-bond acceptors (Lipinski definition) is 3. The van der Waals surface area contributed by atoms with E-state index in [1.807, 2.05) is 0 Å². The maximum Gasteiger partial charge on any atom is 0.345 e. The zero-order valence-electron chi connectivity index (χ0n) is 11.3. The summed E-state index contributed by atoms with van der Waals surface area (Å²) in [6, 6.07) is 4.60. The van der Waals surface area contributed by atoms with Gasteiger partial charge in [-0.25, -0.2) is 14.0 Å². The second-order valence-corrected chi connectivity index (χ2v) is 4.65. The molecule has 0 atom stereocenters. The highest BCUT2D eigenvalue weighted by Gasteiger charge is 2.10. The van der Waals surface area contributed by atoms with E-state index in [2.05, 4.69) is 15.6 Å². The maximum atomic E-state index is 13.3. The number of amidine groups is 1. The lowest BCUT2D eigenvalue weighted by Crippen LogP contribution is -2.34. The van der Waals surface area contributed by atoms with Crippen LogP contribution in [0.3, 0.4) is 0 Å². The Labute approximate surface area is 120 Å². The number of anilines is 1. The number of urea groups is 2. The first-order valence-electron chi connectivity index (χ1n) is 5.60. The molecular weight excluding hydrogens is 283 g/mol. The van der Waals surface area contributed by atoms with Crippen LogP contribution in [0.5, 0.6) is 0 Å². The molecule has 0 heterocycles. The summed E-state index contributed by atoms with van der Waals surface area (Å²) in [4.78, 5) is 28.0. The van der Waals surface area contributed by atoms with Crippen molar-refractivity contribution in [2.45, 2.75) is 0 Å². The van der Waals surface area contributed by atoms with Crippen LogP contribution in [0.25, 0.3) is 0 Å². The van der Waals surface area contributed by atoms with Gasteiger partial charge in [-0.15, -0.1) is 0 Å². The summed E-state index contributed by atoms with van der Waals surface area (Å²) in [5, 5.41) is 4.83. The maximum absolute atomic E-state index is 13.3. The molecule has 108 valence electrons. The van der Waals surface area contributed by atoms with Gasteiger partial charge >= 0.3 is 12.1 Å². The van der Waals surface area contributed by atoms with Crippen LogP contribution in [0.1, 0.15) is 0 Å². The Kier molecular flexibility index (Phi) is 5.98. The summed E-state index contributed by atoms with van der Waals surface area (Å²) in [5.41, 5.74) is 0.0457. The van der Waals surface area contributed by atoms with Crippen molar-refractivity contribution in [3.63, 3.8) is 0 Å². The lowest BCUT2D eigenvalue weighted by atomic mass is 10.3. The molecule has 0 bridgehead atoms. The third kappa shape index (κ3) is 4.88. The predicted octanol–water partition coefficient (Wildman–Crippen LogP) is 2.35. The van der Waals surface area contributed by atoms with Gasteiger partial charge in [-0.2, -0.15) is 4.99 Å². The van der Waals surface area contributed by atoms with E-state index < -0.39 is 17.9 Å². The number of amides is 4. The number of carbonyl (C=O) groups excluding carboxylic acids is 2. The van der Waals surface area contributed by atoms with Crippen LogP contribution in [0.4, 0.5) is 19.7 Å². The summed E-state index contributed by atoms with van der Waals surface area (Å²) in [7, 11) is 3.09. The smallest absolute Gasteiger partial charge is 0.329 e. The van der Waals surface area contributed by atoms with Crippen LogP contribution in [-0.2, 0) is 0 Å². The zero-order chi connectivity index (χ0) is 15.1. The molecule has 1 aromatic rings. The van der Waals surface area contributed by atoms with Gasteiger partial charge in [0, 0.05) is 14.1 Å². The number of halogens is 1. The SMILES string of the molecule is CSC(=NC(=O)N(C)C)NC(=O)Nc1ccccc1F. The predicted molar refractivity (Wildman–Crippen MR) is 78.6 cm³/mol. The van der Waals surface area contributed by atoms with Crippen LogP contribution in [0.15, 0.2) is 29.3 Å². The fourth-order valence-electron chi connectivity index (χ4n) is 1.12. The first-order chi connectivity index (χ1) is 9.43. The highest BCUT2D eigenvalue weighted by Crippen LogP contribution is 2.12. The van der Waals surface area contributed by atoms with Crippen molar-refractivity contribution < 1.29 is 14.0 Å². The topological polar surface area (TPSA) is 73.8 Å². The van der Waals surface area contributed by atoms with Gasteiger partial charge in [0.15, 0.2) is 5.17 Å². The molecule has 0 aliphatic carbocycles. The molecule has 0 radical (unpaired) electrons. The van der Waals surface area contributed by atoms with E-state index in [4.69, 9.17) is 0 Å². The molecule has 0 spiro atoms. The number of benzene rings is 1. The Balaban J connectivity index is 2.69. The fourth-order valence-corrected chi connectivity index (χ4v) is 1.49. The Bertz CT molecular complexity index is 534. The molecule has 0 unspecified atom stereocenters. The molecule has 0 saturated heterocycles. The summed E-state index contributed by atoms with van der Waals surface area (Å²) in [6.45, 7) is 0. The number of thioether (sulfide) groups is 1. The molecule has 8 heteroatoms. The Morgan fingerprint density at radius 3 is 2.50 bits per heavy atom. The summed E-state index contributed by atoms with van der Waals surface area (Å²) < 4.78 is 13.3. The number of carbonyl (C=O) groups is 2. The Morgan fingerprint density at radius 1 is 1.30 bits per heavy atom. The Morgan fingerprint density at radius 2 is 1.95 bits per heavy atom. The van der Waals surface area contributed by atoms with Gasteiger partial charge in [0.25, 0.3) is 0 Å². The van der Waals surface area contributed by atoms with Crippen LogP contribution in [0.2, 0.25) is 0 Å². The number of rotatable bonds is 1. The molecule has 20 heavy (non-hydrogen) atoms. The van der Waals surface area contributed by atoms with E-state index in [0.717, 1.165) is 11.8 Å². The van der Waals surface area contributed by atoms with Crippen molar-refractivity contribution in [2.75, 3.05) is 25.7 Å². The van der Waals surface area contributed by atoms with E-state index in [9.17, 15) is 14.0 Å². The van der Waals surface area contributed by atoms with E-state index in [1.165, 1.54) is 23.1 Å². The molecule has 4 amide bonds. The number of hydrogen-bond donors (Lipinski definition) is 2. The molecule has 1 rings (SSSR count). The molecule has 0 aromatic heterocycles. The molecular formula is C12H15FN4O2S. The van der Waals surface area contributed by atoms with Gasteiger partial charge in [-0.3, -0.25) is 5.32 Å².